The minimum atomic E-state index is -4.18. The number of urea groups is 1. The number of fused-ring (bicyclic) bond motifs is 2. The van der Waals surface area contributed by atoms with Crippen molar-refractivity contribution in [2.24, 2.45) is 0 Å². The predicted octanol–water partition coefficient (Wildman–Crippen LogP) is 5.43. The summed E-state index contributed by atoms with van der Waals surface area (Å²) < 4.78 is 30.3. The van der Waals surface area contributed by atoms with E-state index < -0.39 is 16.1 Å². The van der Waals surface area contributed by atoms with Gasteiger partial charge in [-0.2, -0.15) is 0 Å². The Morgan fingerprint density at radius 1 is 0.872 bits per heavy atom. The van der Waals surface area contributed by atoms with Gasteiger partial charge in [-0.25, -0.2) is 17.9 Å². The van der Waals surface area contributed by atoms with Crippen LogP contribution in [0.15, 0.2) is 41.4 Å². The van der Waals surface area contributed by atoms with E-state index in [2.05, 4.69) is 37.1 Å². The zero-order chi connectivity index (χ0) is 32.6. The lowest BCUT2D eigenvalue weighted by Crippen LogP contribution is -2.35. The molecule has 3 amide bonds. The lowest BCUT2D eigenvalue weighted by molar-refractivity contribution is -0.116. The van der Waals surface area contributed by atoms with Crippen molar-refractivity contribution < 1.29 is 18.0 Å². The highest BCUT2D eigenvalue weighted by Gasteiger charge is 2.26. The summed E-state index contributed by atoms with van der Waals surface area (Å²) in [6.45, 7) is 1.72. The van der Waals surface area contributed by atoms with E-state index in [1.54, 1.807) is 6.07 Å². The topological polar surface area (TPSA) is 147 Å². The van der Waals surface area contributed by atoms with Crippen LogP contribution in [-0.2, 0) is 53.5 Å². The number of hydrogen-bond acceptors (Lipinski definition) is 7. The third-order valence-corrected chi connectivity index (χ3v) is 11.0. The highest BCUT2D eigenvalue weighted by atomic mass is 32.2. The number of aromatic nitrogens is 3. The summed E-state index contributed by atoms with van der Waals surface area (Å²) in [5.41, 5.74) is 6.59. The van der Waals surface area contributed by atoms with Gasteiger partial charge in [0.15, 0.2) is 0 Å². The second kappa shape index (κ2) is 15.4. The summed E-state index contributed by atoms with van der Waals surface area (Å²) in [6.07, 6.45) is 18.4. The van der Waals surface area contributed by atoms with Gasteiger partial charge in [0.05, 0.1) is 10.6 Å². The van der Waals surface area contributed by atoms with Crippen LogP contribution in [0.2, 0.25) is 0 Å². The van der Waals surface area contributed by atoms with Crippen molar-refractivity contribution in [2.45, 2.75) is 120 Å². The number of anilines is 2. The number of nitrogens with one attached hydrogen (secondary N) is 4. The highest BCUT2D eigenvalue weighted by molar-refractivity contribution is 7.90. The van der Waals surface area contributed by atoms with Crippen LogP contribution >= 0.6 is 0 Å². The molecule has 0 bridgehead atoms. The summed E-state index contributed by atoms with van der Waals surface area (Å²) in [4.78, 5) is 25.6. The smallest absolute Gasteiger partial charge is 0.326 e. The van der Waals surface area contributed by atoms with E-state index in [1.165, 1.54) is 74.3 Å². The first kappa shape index (κ1) is 33.1. The number of hydrogen-bond donors (Lipinski definition) is 4. The summed E-state index contributed by atoms with van der Waals surface area (Å²) in [7, 11) is -4.18. The molecule has 3 aliphatic rings. The minimum absolute atomic E-state index is 0.110. The molecule has 47 heavy (non-hydrogen) atoms. The van der Waals surface area contributed by atoms with Crippen molar-refractivity contribution in [3.63, 3.8) is 0 Å². The van der Waals surface area contributed by atoms with Crippen molar-refractivity contribution in [1.29, 1.82) is 0 Å². The van der Waals surface area contributed by atoms with Gasteiger partial charge in [-0.05, 0) is 105 Å². The second-order valence-electron chi connectivity index (χ2n) is 13.2. The van der Waals surface area contributed by atoms with E-state index in [9.17, 15) is 18.0 Å². The van der Waals surface area contributed by atoms with Gasteiger partial charge in [-0.15, -0.1) is 5.10 Å². The molecule has 4 N–H and O–H groups in total. The van der Waals surface area contributed by atoms with Crippen LogP contribution in [-0.4, -0.2) is 47.9 Å². The van der Waals surface area contributed by atoms with Crippen LogP contribution in [0.25, 0.3) is 0 Å². The quantitative estimate of drug-likeness (QED) is 0.189. The first-order valence-electron chi connectivity index (χ1n) is 17.4. The maximum atomic E-state index is 13.1. The third kappa shape index (κ3) is 8.78. The fourth-order valence-corrected chi connectivity index (χ4v) is 8.22. The van der Waals surface area contributed by atoms with Gasteiger partial charge >= 0.3 is 6.03 Å². The van der Waals surface area contributed by atoms with Crippen LogP contribution in [0.3, 0.4) is 0 Å². The number of benzene rings is 2. The molecule has 0 unspecified atom stereocenters. The molecule has 2 aromatic carbocycles. The number of rotatable bonds is 12. The Kier molecular flexibility index (Phi) is 10.9. The SMILES string of the molecule is O=C(CCc1cn(CCCNC2CCCCCCC2)nn1)Nc1cccc(S(=O)(=O)NC(=O)Nc2c3c(cc4c2CCC4)CCC3)c1. The average Bonchev–Trinajstić information content (AvgIpc) is 3.80. The lowest BCUT2D eigenvalue weighted by Gasteiger charge is -2.21. The Morgan fingerprint density at radius 3 is 2.34 bits per heavy atom. The number of amides is 3. The highest BCUT2D eigenvalue weighted by Crippen LogP contribution is 2.38. The van der Waals surface area contributed by atoms with Gasteiger partial charge in [0.1, 0.15) is 0 Å². The van der Waals surface area contributed by atoms with E-state index in [0.717, 1.165) is 80.5 Å². The fourth-order valence-electron chi connectivity index (χ4n) is 7.26. The van der Waals surface area contributed by atoms with Gasteiger partial charge in [0.25, 0.3) is 10.0 Å². The molecule has 0 atom stereocenters. The molecule has 0 aliphatic heterocycles. The monoisotopic (exact) mass is 661 g/mol. The molecule has 1 aromatic heterocycles. The van der Waals surface area contributed by atoms with Crippen molar-refractivity contribution in [2.75, 3.05) is 17.2 Å². The molecule has 12 heteroatoms. The average molecular weight is 662 g/mol. The van der Waals surface area contributed by atoms with Gasteiger partial charge in [0.2, 0.25) is 5.91 Å². The standard InChI is InChI=1S/C35H47N7O4S/c43-33(19-18-29-24-42(41-39-29)21-9-20-36-27-12-4-2-1-3-5-13-27)37-28-14-8-15-30(23-28)47(45,46)40-35(44)38-34-31-16-6-10-25(31)22-26-11-7-17-32(26)34/h8,14-15,22-24,27,36H,1-7,9-13,16-21H2,(H,37,43)(H2,38,40,44). The van der Waals surface area contributed by atoms with Gasteiger partial charge in [-0.1, -0.05) is 49.5 Å². The Hall–Kier alpha value is -3.77. The number of carbonyl (C=O) groups excluding carboxylic acids is 2. The summed E-state index contributed by atoms with van der Waals surface area (Å²) >= 11 is 0. The molecule has 0 saturated heterocycles. The van der Waals surface area contributed by atoms with Crippen molar-refractivity contribution in [3.05, 3.63) is 64.5 Å². The minimum Gasteiger partial charge on any atom is -0.326 e. The van der Waals surface area contributed by atoms with E-state index >= 15 is 0 Å². The molecule has 0 spiro atoms. The zero-order valence-electron chi connectivity index (χ0n) is 27.2. The molecule has 11 nitrogen and oxygen atoms in total. The summed E-state index contributed by atoms with van der Waals surface area (Å²) in [5, 5.41) is 17.8. The van der Waals surface area contributed by atoms with Crippen LogP contribution in [0, 0.1) is 0 Å². The van der Waals surface area contributed by atoms with Crippen LogP contribution < -0.4 is 20.7 Å². The molecule has 1 fully saturated rings. The predicted molar refractivity (Wildman–Crippen MR) is 182 cm³/mol. The molecule has 1 heterocycles. The molecule has 6 rings (SSSR count). The Morgan fingerprint density at radius 2 is 1.60 bits per heavy atom. The Labute approximate surface area is 277 Å². The number of nitrogens with zero attached hydrogens (tertiary/aromatic N) is 3. The maximum Gasteiger partial charge on any atom is 0.333 e. The van der Waals surface area contributed by atoms with Crippen molar-refractivity contribution in [3.8, 4) is 0 Å². The zero-order valence-corrected chi connectivity index (χ0v) is 28.0. The van der Waals surface area contributed by atoms with Crippen LogP contribution in [0.1, 0.15) is 98.6 Å². The number of aryl methyl sites for hydroxylation is 4. The van der Waals surface area contributed by atoms with E-state index in [1.807, 2.05) is 10.9 Å². The van der Waals surface area contributed by atoms with Gasteiger partial charge in [0, 0.05) is 43.0 Å². The Balaban J connectivity index is 0.961. The van der Waals surface area contributed by atoms with Gasteiger partial charge < -0.3 is 16.0 Å². The first-order valence-corrected chi connectivity index (χ1v) is 18.8. The van der Waals surface area contributed by atoms with Crippen molar-refractivity contribution in [1.82, 2.24) is 25.0 Å². The Bertz CT molecular complexity index is 1650. The van der Waals surface area contributed by atoms with Crippen LogP contribution in [0.4, 0.5) is 16.2 Å². The van der Waals surface area contributed by atoms with E-state index in [4.69, 9.17) is 0 Å². The first-order chi connectivity index (χ1) is 22.8. The molecule has 252 valence electrons. The van der Waals surface area contributed by atoms with Crippen molar-refractivity contribution >= 4 is 33.3 Å². The normalized spacial score (nSPS) is 16.6. The molecule has 3 aromatic rings. The fraction of sp³-hybridized carbons (Fsp3) is 0.543. The summed E-state index contributed by atoms with van der Waals surface area (Å²) in [5.74, 6) is -0.269. The lowest BCUT2D eigenvalue weighted by atomic mass is 9.97. The molecule has 1 saturated carbocycles. The number of carbonyl (C=O) groups is 2. The largest absolute Gasteiger partial charge is 0.333 e. The summed E-state index contributed by atoms with van der Waals surface area (Å²) in [6, 6.07) is 8.00. The second-order valence-corrected chi connectivity index (χ2v) is 14.9. The van der Waals surface area contributed by atoms with Gasteiger partial charge in [-0.3, -0.25) is 9.48 Å². The molecular formula is C35H47N7O4S. The van der Waals surface area contributed by atoms with Crippen LogP contribution in [0.5, 0.6) is 0 Å². The number of sulfonamides is 1. The molecule has 3 aliphatic carbocycles. The molecular weight excluding hydrogens is 614 g/mol. The van der Waals surface area contributed by atoms with E-state index in [-0.39, 0.29) is 17.2 Å². The third-order valence-electron chi connectivity index (χ3n) is 9.66. The molecule has 0 radical (unpaired) electrons. The van der Waals surface area contributed by atoms with E-state index in [0.29, 0.717) is 18.2 Å². The maximum absolute atomic E-state index is 13.1.